The zero-order valence-corrected chi connectivity index (χ0v) is 10.5. The summed E-state index contributed by atoms with van der Waals surface area (Å²) in [5, 5.41) is 16.4. The van der Waals surface area contributed by atoms with Crippen molar-refractivity contribution in [3.8, 4) is 0 Å². The van der Waals surface area contributed by atoms with Crippen LogP contribution < -0.4 is 5.73 Å². The number of nitrogen functional groups attached to an aromatic ring is 1. The standard InChI is InChI=1S/C11H12N4O2S/c1-6-13-11(15-14-6)18-5-7-3-2-4-8(12)9(7)10(16)17/h2-4H,5,12H2,1H3,(H,16,17)(H,13,14,15). The summed E-state index contributed by atoms with van der Waals surface area (Å²) in [6, 6.07) is 5.06. The number of aryl methyl sites for hydroxylation is 1. The number of anilines is 1. The normalized spacial score (nSPS) is 10.5. The Labute approximate surface area is 108 Å². The van der Waals surface area contributed by atoms with Crippen molar-refractivity contribution in [1.82, 2.24) is 15.2 Å². The van der Waals surface area contributed by atoms with Crippen LogP contribution in [0.5, 0.6) is 0 Å². The topological polar surface area (TPSA) is 105 Å². The van der Waals surface area contributed by atoms with Crippen molar-refractivity contribution in [3.63, 3.8) is 0 Å². The molecule has 0 atom stereocenters. The number of hydrogen-bond donors (Lipinski definition) is 3. The summed E-state index contributed by atoms with van der Waals surface area (Å²) in [4.78, 5) is 15.3. The van der Waals surface area contributed by atoms with Crippen LogP contribution in [-0.4, -0.2) is 26.3 Å². The fourth-order valence-corrected chi connectivity index (χ4v) is 2.37. The molecular formula is C11H12N4O2S. The Morgan fingerprint density at radius 2 is 2.33 bits per heavy atom. The van der Waals surface area contributed by atoms with Crippen LogP contribution in [0.1, 0.15) is 21.7 Å². The molecule has 0 amide bonds. The van der Waals surface area contributed by atoms with Crippen LogP contribution in [-0.2, 0) is 5.75 Å². The summed E-state index contributed by atoms with van der Waals surface area (Å²) in [5.41, 5.74) is 6.75. The van der Waals surface area contributed by atoms with Crippen molar-refractivity contribution in [2.75, 3.05) is 5.73 Å². The van der Waals surface area contributed by atoms with Crippen LogP contribution in [0.4, 0.5) is 5.69 Å². The highest BCUT2D eigenvalue weighted by atomic mass is 32.2. The van der Waals surface area contributed by atoms with E-state index in [-0.39, 0.29) is 11.3 Å². The number of carbonyl (C=O) groups is 1. The largest absolute Gasteiger partial charge is 0.478 e. The van der Waals surface area contributed by atoms with Gasteiger partial charge in [-0.1, -0.05) is 23.9 Å². The van der Waals surface area contributed by atoms with E-state index in [0.717, 1.165) is 5.82 Å². The summed E-state index contributed by atoms with van der Waals surface area (Å²) < 4.78 is 0. The lowest BCUT2D eigenvalue weighted by Gasteiger charge is -2.06. The van der Waals surface area contributed by atoms with Crippen molar-refractivity contribution >= 4 is 23.4 Å². The van der Waals surface area contributed by atoms with Gasteiger partial charge in [-0.25, -0.2) is 9.78 Å². The molecule has 18 heavy (non-hydrogen) atoms. The Balaban J connectivity index is 2.19. The molecule has 0 saturated heterocycles. The highest BCUT2D eigenvalue weighted by molar-refractivity contribution is 7.98. The Hall–Kier alpha value is -2.02. The third-order valence-corrected chi connectivity index (χ3v) is 3.23. The number of H-pyrrole nitrogens is 1. The molecule has 2 aromatic rings. The van der Waals surface area contributed by atoms with E-state index < -0.39 is 5.97 Å². The van der Waals surface area contributed by atoms with Gasteiger partial charge in [0.15, 0.2) is 0 Å². The van der Waals surface area contributed by atoms with Gasteiger partial charge in [-0.3, -0.25) is 5.10 Å². The predicted molar refractivity (Wildman–Crippen MR) is 68.5 cm³/mol. The Bertz CT molecular complexity index is 582. The quantitative estimate of drug-likeness (QED) is 0.573. The summed E-state index contributed by atoms with van der Waals surface area (Å²) >= 11 is 1.36. The highest BCUT2D eigenvalue weighted by Gasteiger charge is 2.14. The number of nitrogens with zero attached hydrogens (tertiary/aromatic N) is 2. The first-order valence-electron chi connectivity index (χ1n) is 5.20. The number of aromatic amines is 1. The fourth-order valence-electron chi connectivity index (χ4n) is 1.53. The van der Waals surface area contributed by atoms with Gasteiger partial charge in [0.25, 0.3) is 0 Å². The summed E-state index contributed by atoms with van der Waals surface area (Å²) in [6.07, 6.45) is 0. The molecular weight excluding hydrogens is 252 g/mol. The molecule has 0 aliphatic carbocycles. The van der Waals surface area contributed by atoms with Gasteiger partial charge in [-0.05, 0) is 18.6 Å². The minimum atomic E-state index is -1.02. The van der Waals surface area contributed by atoms with Crippen molar-refractivity contribution in [3.05, 3.63) is 35.2 Å². The van der Waals surface area contributed by atoms with Crippen molar-refractivity contribution in [2.45, 2.75) is 17.8 Å². The maximum absolute atomic E-state index is 11.1. The lowest BCUT2D eigenvalue weighted by atomic mass is 10.1. The van der Waals surface area contributed by atoms with Crippen LogP contribution in [0.3, 0.4) is 0 Å². The molecule has 0 radical (unpaired) electrons. The second-order valence-electron chi connectivity index (χ2n) is 3.68. The molecule has 0 fully saturated rings. The number of rotatable bonds is 4. The number of nitrogens with one attached hydrogen (secondary N) is 1. The van der Waals surface area contributed by atoms with Crippen LogP contribution in [0.2, 0.25) is 0 Å². The SMILES string of the molecule is Cc1nc(SCc2cccc(N)c2C(=O)O)n[nH]1. The molecule has 0 aliphatic heterocycles. The first-order chi connectivity index (χ1) is 8.58. The number of benzene rings is 1. The third kappa shape index (κ3) is 2.62. The maximum atomic E-state index is 11.1. The molecule has 7 heteroatoms. The minimum Gasteiger partial charge on any atom is -0.478 e. The Morgan fingerprint density at radius 3 is 2.94 bits per heavy atom. The summed E-state index contributed by atoms with van der Waals surface area (Å²) in [5.74, 6) is 0.169. The van der Waals surface area contributed by atoms with Gasteiger partial charge < -0.3 is 10.8 Å². The number of carboxylic acids is 1. The van der Waals surface area contributed by atoms with Crippen LogP contribution in [0.15, 0.2) is 23.4 Å². The number of aromatic nitrogens is 3. The molecule has 0 bridgehead atoms. The van der Waals surface area contributed by atoms with Crippen molar-refractivity contribution in [1.29, 1.82) is 0 Å². The zero-order valence-electron chi connectivity index (χ0n) is 9.67. The van der Waals surface area contributed by atoms with Gasteiger partial charge in [0.2, 0.25) is 5.16 Å². The summed E-state index contributed by atoms with van der Waals surface area (Å²) in [7, 11) is 0. The molecule has 1 heterocycles. The van der Waals surface area contributed by atoms with E-state index >= 15 is 0 Å². The van der Waals surface area contributed by atoms with Gasteiger partial charge in [0, 0.05) is 11.4 Å². The lowest BCUT2D eigenvalue weighted by molar-refractivity contribution is 0.0697. The predicted octanol–water partition coefficient (Wildman–Crippen LogP) is 1.69. The lowest BCUT2D eigenvalue weighted by Crippen LogP contribution is -2.06. The Morgan fingerprint density at radius 1 is 1.56 bits per heavy atom. The third-order valence-electron chi connectivity index (χ3n) is 2.33. The smallest absolute Gasteiger partial charge is 0.338 e. The van der Waals surface area contributed by atoms with E-state index in [9.17, 15) is 4.79 Å². The average Bonchev–Trinajstić information content (AvgIpc) is 2.72. The van der Waals surface area contributed by atoms with E-state index in [0.29, 0.717) is 16.5 Å². The van der Waals surface area contributed by atoms with Gasteiger partial charge in [0.05, 0.1) is 5.56 Å². The Kier molecular flexibility index (Phi) is 3.52. The first-order valence-corrected chi connectivity index (χ1v) is 6.19. The van der Waals surface area contributed by atoms with Crippen LogP contribution in [0.25, 0.3) is 0 Å². The van der Waals surface area contributed by atoms with Crippen molar-refractivity contribution in [2.24, 2.45) is 0 Å². The van der Waals surface area contributed by atoms with Gasteiger partial charge >= 0.3 is 5.97 Å². The number of aromatic carboxylic acids is 1. The molecule has 1 aromatic heterocycles. The number of nitrogens with two attached hydrogens (primary N) is 1. The number of thioether (sulfide) groups is 1. The van der Waals surface area contributed by atoms with Crippen molar-refractivity contribution < 1.29 is 9.90 Å². The highest BCUT2D eigenvalue weighted by Crippen LogP contribution is 2.24. The molecule has 4 N–H and O–H groups in total. The van der Waals surface area contributed by atoms with E-state index in [1.165, 1.54) is 11.8 Å². The monoisotopic (exact) mass is 264 g/mol. The molecule has 2 rings (SSSR count). The van der Waals surface area contributed by atoms with Gasteiger partial charge in [-0.2, -0.15) is 0 Å². The van der Waals surface area contributed by atoms with Gasteiger partial charge in [-0.15, -0.1) is 5.10 Å². The van der Waals surface area contributed by atoms with Crippen LogP contribution >= 0.6 is 11.8 Å². The first kappa shape index (κ1) is 12.4. The zero-order chi connectivity index (χ0) is 13.1. The van der Waals surface area contributed by atoms with E-state index in [1.807, 2.05) is 0 Å². The summed E-state index contributed by atoms with van der Waals surface area (Å²) in [6.45, 7) is 1.81. The molecule has 0 aliphatic rings. The average molecular weight is 264 g/mol. The molecule has 6 nitrogen and oxygen atoms in total. The van der Waals surface area contributed by atoms with Crippen LogP contribution in [0, 0.1) is 6.92 Å². The maximum Gasteiger partial charge on any atom is 0.338 e. The molecule has 0 unspecified atom stereocenters. The number of hydrogen-bond acceptors (Lipinski definition) is 5. The van der Waals surface area contributed by atoms with E-state index in [4.69, 9.17) is 10.8 Å². The molecule has 94 valence electrons. The van der Waals surface area contributed by atoms with E-state index in [1.54, 1.807) is 25.1 Å². The molecule has 0 saturated carbocycles. The van der Waals surface area contributed by atoms with Gasteiger partial charge in [0.1, 0.15) is 5.82 Å². The number of carboxylic acid groups (broad SMARTS) is 1. The molecule has 1 aromatic carbocycles. The minimum absolute atomic E-state index is 0.150. The van der Waals surface area contributed by atoms with E-state index in [2.05, 4.69) is 15.2 Å². The second-order valence-corrected chi connectivity index (χ2v) is 4.62. The second kappa shape index (κ2) is 5.09. The molecule has 0 spiro atoms. The fraction of sp³-hybridized carbons (Fsp3) is 0.182.